The van der Waals surface area contributed by atoms with Gasteiger partial charge in [-0.15, -0.1) is 0 Å². The maximum Gasteiger partial charge on any atom is 0.307 e. The second kappa shape index (κ2) is 6.21. The molecule has 0 fully saturated rings. The molecular weight excluding hydrogens is 329 g/mol. The van der Waals surface area contributed by atoms with Gasteiger partial charge in [0.1, 0.15) is 10.7 Å². The Morgan fingerprint density at radius 2 is 1.87 bits per heavy atom. The Morgan fingerprint density at radius 3 is 2.48 bits per heavy atom. The van der Waals surface area contributed by atoms with Crippen LogP contribution in [0, 0.1) is 12.7 Å². The van der Waals surface area contributed by atoms with Crippen molar-refractivity contribution in [1.29, 1.82) is 0 Å². The number of rotatable bonds is 4. The first kappa shape index (κ1) is 16.7. The highest BCUT2D eigenvalue weighted by Crippen LogP contribution is 2.48. The molecule has 6 nitrogen and oxygen atoms in total. The van der Waals surface area contributed by atoms with E-state index < -0.39 is 39.7 Å². The minimum atomic E-state index is -1.27. The van der Waals surface area contributed by atoms with Crippen molar-refractivity contribution in [3.8, 4) is 17.2 Å². The number of aryl methyl sites for hydroxylation is 1. The van der Waals surface area contributed by atoms with Crippen LogP contribution in [0.3, 0.4) is 0 Å². The van der Waals surface area contributed by atoms with Gasteiger partial charge in [0.15, 0.2) is 17.3 Å². The SMILES string of the molecule is Cc1ccc(Nc2c(F)c(O)c(O)c(O)c2Cl)c(CC(=O)O)c1. The van der Waals surface area contributed by atoms with Crippen LogP contribution in [0.1, 0.15) is 11.1 Å². The lowest BCUT2D eigenvalue weighted by Crippen LogP contribution is -2.05. The molecule has 0 aliphatic rings. The molecule has 0 aliphatic heterocycles. The van der Waals surface area contributed by atoms with Crippen LogP contribution in [-0.2, 0) is 11.2 Å². The number of aliphatic carboxylic acids is 1. The lowest BCUT2D eigenvalue weighted by Gasteiger charge is -2.16. The Bertz CT molecular complexity index is 765. The fourth-order valence-electron chi connectivity index (χ4n) is 2.05. The van der Waals surface area contributed by atoms with Crippen molar-refractivity contribution in [2.45, 2.75) is 13.3 Å². The number of phenolic OH excluding ortho intramolecular Hbond substituents is 3. The molecule has 122 valence electrons. The van der Waals surface area contributed by atoms with Gasteiger partial charge in [0, 0.05) is 5.69 Å². The molecule has 5 N–H and O–H groups in total. The van der Waals surface area contributed by atoms with Gasteiger partial charge in [-0.05, 0) is 18.6 Å². The van der Waals surface area contributed by atoms with Crippen LogP contribution in [-0.4, -0.2) is 26.4 Å². The lowest BCUT2D eigenvalue weighted by molar-refractivity contribution is -0.136. The van der Waals surface area contributed by atoms with Gasteiger partial charge in [-0.3, -0.25) is 4.79 Å². The van der Waals surface area contributed by atoms with E-state index in [2.05, 4.69) is 5.32 Å². The van der Waals surface area contributed by atoms with E-state index in [-0.39, 0.29) is 12.1 Å². The van der Waals surface area contributed by atoms with Crippen LogP contribution in [0.15, 0.2) is 18.2 Å². The van der Waals surface area contributed by atoms with Gasteiger partial charge in [-0.2, -0.15) is 0 Å². The van der Waals surface area contributed by atoms with Gasteiger partial charge in [-0.25, -0.2) is 4.39 Å². The highest BCUT2D eigenvalue weighted by Gasteiger charge is 2.23. The summed E-state index contributed by atoms with van der Waals surface area (Å²) in [5.41, 5.74) is 0.924. The Labute approximate surface area is 135 Å². The number of nitrogens with one attached hydrogen (secondary N) is 1. The zero-order chi connectivity index (χ0) is 17.3. The molecule has 0 saturated carbocycles. The molecule has 0 spiro atoms. The number of carboxylic acids is 1. The van der Waals surface area contributed by atoms with E-state index in [1.54, 1.807) is 19.1 Å². The third-order valence-corrected chi connectivity index (χ3v) is 3.53. The first-order valence-electron chi connectivity index (χ1n) is 6.42. The van der Waals surface area contributed by atoms with E-state index in [0.29, 0.717) is 5.56 Å². The average Bonchev–Trinajstić information content (AvgIpc) is 2.49. The predicted octanol–water partition coefficient (Wildman–Crippen LogP) is 3.28. The van der Waals surface area contributed by atoms with Crippen LogP contribution in [0.5, 0.6) is 17.2 Å². The molecule has 23 heavy (non-hydrogen) atoms. The number of hydrogen-bond donors (Lipinski definition) is 5. The van der Waals surface area contributed by atoms with E-state index in [1.807, 2.05) is 0 Å². The largest absolute Gasteiger partial charge is 0.503 e. The third-order valence-electron chi connectivity index (χ3n) is 3.17. The quantitative estimate of drug-likeness (QED) is 0.431. The molecule has 0 aliphatic carbocycles. The van der Waals surface area contributed by atoms with Crippen LogP contribution < -0.4 is 5.32 Å². The average molecular weight is 342 g/mol. The number of benzene rings is 2. The third kappa shape index (κ3) is 3.24. The van der Waals surface area contributed by atoms with Crippen molar-refractivity contribution in [3.05, 3.63) is 40.2 Å². The highest BCUT2D eigenvalue weighted by atomic mass is 35.5. The first-order valence-corrected chi connectivity index (χ1v) is 6.80. The van der Waals surface area contributed by atoms with Crippen molar-refractivity contribution in [1.82, 2.24) is 0 Å². The summed E-state index contributed by atoms with van der Waals surface area (Å²) in [6, 6.07) is 4.78. The molecule has 0 aromatic heterocycles. The molecule has 0 bridgehead atoms. The topological polar surface area (TPSA) is 110 Å². The van der Waals surface area contributed by atoms with Crippen LogP contribution in [0.25, 0.3) is 0 Å². The van der Waals surface area contributed by atoms with Crippen molar-refractivity contribution in [2.75, 3.05) is 5.32 Å². The second-order valence-corrected chi connectivity index (χ2v) is 5.28. The van der Waals surface area contributed by atoms with E-state index in [1.165, 1.54) is 6.07 Å². The van der Waals surface area contributed by atoms with Crippen molar-refractivity contribution in [2.24, 2.45) is 0 Å². The molecule has 2 rings (SSSR count). The van der Waals surface area contributed by atoms with Gasteiger partial charge in [0.05, 0.1) is 6.42 Å². The first-order chi connectivity index (χ1) is 10.7. The van der Waals surface area contributed by atoms with E-state index in [4.69, 9.17) is 16.7 Å². The fourth-order valence-corrected chi connectivity index (χ4v) is 2.27. The minimum Gasteiger partial charge on any atom is -0.503 e. The van der Waals surface area contributed by atoms with Gasteiger partial charge < -0.3 is 25.7 Å². The van der Waals surface area contributed by atoms with E-state index in [9.17, 15) is 24.5 Å². The van der Waals surface area contributed by atoms with Crippen molar-refractivity contribution < 1.29 is 29.6 Å². The molecule has 0 heterocycles. The molecule has 0 unspecified atom stereocenters. The monoisotopic (exact) mass is 341 g/mol. The molecule has 0 radical (unpaired) electrons. The molecule has 0 saturated heterocycles. The summed E-state index contributed by atoms with van der Waals surface area (Å²) in [5.74, 6) is -5.48. The van der Waals surface area contributed by atoms with E-state index >= 15 is 0 Å². The maximum atomic E-state index is 14.1. The van der Waals surface area contributed by atoms with Crippen LogP contribution in [0.4, 0.5) is 15.8 Å². The zero-order valence-electron chi connectivity index (χ0n) is 11.9. The normalized spacial score (nSPS) is 10.6. The Morgan fingerprint density at radius 1 is 1.22 bits per heavy atom. The van der Waals surface area contributed by atoms with Crippen LogP contribution in [0.2, 0.25) is 5.02 Å². The second-order valence-electron chi connectivity index (χ2n) is 4.90. The van der Waals surface area contributed by atoms with Gasteiger partial charge in [0.2, 0.25) is 5.75 Å². The summed E-state index contributed by atoms with van der Waals surface area (Å²) in [5, 5.41) is 39.3. The summed E-state index contributed by atoms with van der Waals surface area (Å²) in [7, 11) is 0. The number of carboxylic acid groups (broad SMARTS) is 1. The van der Waals surface area contributed by atoms with E-state index in [0.717, 1.165) is 5.56 Å². The highest BCUT2D eigenvalue weighted by molar-refractivity contribution is 6.35. The molecule has 0 amide bonds. The maximum absolute atomic E-state index is 14.1. The number of phenols is 3. The fraction of sp³-hybridized carbons (Fsp3) is 0.133. The van der Waals surface area contributed by atoms with Crippen LogP contribution >= 0.6 is 11.6 Å². The van der Waals surface area contributed by atoms with Gasteiger partial charge in [-0.1, -0.05) is 29.3 Å². The summed E-state index contributed by atoms with van der Waals surface area (Å²) in [6.45, 7) is 1.76. The number of aromatic hydroxyl groups is 3. The Balaban J connectivity index is 2.54. The standard InChI is InChI=1S/C15H13ClFNO5/c1-6-2-3-8(7(4-6)5-9(19)20)18-12-10(16)13(21)15(23)14(22)11(12)17/h2-4,18,21-23H,5H2,1H3,(H,19,20). The zero-order valence-corrected chi connectivity index (χ0v) is 12.6. The summed E-state index contributed by atoms with van der Waals surface area (Å²) < 4.78 is 14.1. The van der Waals surface area contributed by atoms with Crippen molar-refractivity contribution in [3.63, 3.8) is 0 Å². The Kier molecular flexibility index (Phi) is 4.51. The molecule has 2 aromatic rings. The minimum absolute atomic E-state index is 0.239. The van der Waals surface area contributed by atoms with Gasteiger partial charge >= 0.3 is 5.97 Å². The summed E-state index contributed by atoms with van der Waals surface area (Å²) in [4.78, 5) is 10.9. The number of hydrogen-bond acceptors (Lipinski definition) is 5. The number of carbonyl (C=O) groups is 1. The summed E-state index contributed by atoms with van der Waals surface area (Å²) in [6.07, 6.45) is -0.320. The molecule has 2 aromatic carbocycles. The molecule has 0 atom stereocenters. The van der Waals surface area contributed by atoms with Gasteiger partial charge in [0.25, 0.3) is 0 Å². The lowest BCUT2D eigenvalue weighted by atomic mass is 10.1. The smallest absolute Gasteiger partial charge is 0.307 e. The molecule has 8 heteroatoms. The Hall–Kier alpha value is -2.67. The summed E-state index contributed by atoms with van der Waals surface area (Å²) >= 11 is 5.78. The predicted molar refractivity (Wildman–Crippen MR) is 82.2 cm³/mol. The number of anilines is 2. The number of halogens is 2. The van der Waals surface area contributed by atoms with Crippen molar-refractivity contribution >= 4 is 28.9 Å². The molecular formula is C15H13ClFNO5.